The summed E-state index contributed by atoms with van der Waals surface area (Å²) in [4.78, 5) is 122. The quantitative estimate of drug-likeness (QED) is 0.0968. The minimum atomic E-state index is -5.08. The average molecular weight is 1070 g/mol. The zero-order chi connectivity index (χ0) is 53.2. The molecule has 7 heterocycles. The number of hydrogen-bond donors (Lipinski definition) is 4. The van der Waals surface area contributed by atoms with Crippen LogP contribution in [0.15, 0.2) is 77.6 Å². The van der Waals surface area contributed by atoms with Crippen molar-refractivity contribution >= 4 is 75.5 Å². The molecule has 5 saturated heterocycles. The maximum Gasteiger partial charge on any atom is 0.363 e. The summed E-state index contributed by atoms with van der Waals surface area (Å²) in [5, 5.41) is 5.63. The molecule has 75 heavy (non-hydrogen) atoms. The number of imide groups is 1. The van der Waals surface area contributed by atoms with Gasteiger partial charge in [0.05, 0.1) is 35.2 Å². The number of nitrogens with one attached hydrogen (secondary N) is 2. The number of halogens is 1. The van der Waals surface area contributed by atoms with Crippen LogP contribution in [-0.4, -0.2) is 150 Å². The number of nitrogens with zero attached hydrogens (tertiary/aromatic N) is 6. The molecule has 5 fully saturated rings. The fraction of sp³-hybridized carbons (Fsp3) is 0.481. The molecule has 2 aromatic heterocycles. The van der Waals surface area contributed by atoms with Crippen LogP contribution in [0, 0.1) is 5.41 Å². The van der Waals surface area contributed by atoms with Crippen LogP contribution < -0.4 is 16.3 Å². The molecule has 2 bridgehead atoms. The second-order valence-corrected chi connectivity index (χ2v) is 24.0. The molecular weight excluding hydrogens is 1010 g/mol. The molecular formula is C52H60FN8O12PS. The largest absolute Gasteiger partial charge is 0.370 e. The Balaban J connectivity index is 0.827. The Morgan fingerprint density at radius 2 is 1.71 bits per heavy atom. The van der Waals surface area contributed by atoms with Gasteiger partial charge in [0.1, 0.15) is 30.8 Å². The highest BCUT2D eigenvalue weighted by molar-refractivity contribution is 7.51. The van der Waals surface area contributed by atoms with E-state index in [2.05, 4.69) is 15.5 Å². The number of rotatable bonds is 13. The van der Waals surface area contributed by atoms with Gasteiger partial charge in [-0.3, -0.25) is 52.7 Å². The number of benzene rings is 3. The van der Waals surface area contributed by atoms with Crippen LogP contribution in [0.4, 0.5) is 4.39 Å². The van der Waals surface area contributed by atoms with Gasteiger partial charge in [0.25, 0.3) is 5.91 Å². The predicted molar refractivity (Wildman–Crippen MR) is 273 cm³/mol. The SMILES string of the molecule is Cn1c(=O)n(C2CCC(=O)NC2=O)c2ccc(CN3C[C@H]4C[C@@H]3CN4C(=O)CO[C@@H]3CCN(C(=O)[C@@H](NC(=O)c4cc5cc([C@@H](F)P(=O)(O)O)ccc5s4)C(C)(C)C)[C@@H]3C(=O)N3CCO[C@H](c4ccccc4)C3)cc21. The summed E-state index contributed by atoms with van der Waals surface area (Å²) < 4.78 is 42.3. The normalized spacial score (nSPS) is 24.3. The van der Waals surface area contributed by atoms with Gasteiger partial charge in [0.2, 0.25) is 35.4 Å². The molecule has 6 amide bonds. The minimum absolute atomic E-state index is 0.0595. The van der Waals surface area contributed by atoms with Crippen molar-refractivity contribution in [3.05, 3.63) is 105 Å². The van der Waals surface area contributed by atoms with E-state index in [4.69, 9.17) is 9.47 Å². The van der Waals surface area contributed by atoms with E-state index in [0.717, 1.165) is 28.9 Å². The summed E-state index contributed by atoms with van der Waals surface area (Å²) in [6.07, 6.45) is 0.0906. The van der Waals surface area contributed by atoms with Crippen molar-refractivity contribution < 1.29 is 57.0 Å². The van der Waals surface area contributed by atoms with Crippen molar-refractivity contribution in [2.24, 2.45) is 12.5 Å². The number of thiophene rings is 1. The molecule has 10 rings (SSSR count). The monoisotopic (exact) mass is 1070 g/mol. The summed E-state index contributed by atoms with van der Waals surface area (Å²) in [7, 11) is -3.42. The Kier molecular flexibility index (Phi) is 14.3. The van der Waals surface area contributed by atoms with Gasteiger partial charge in [-0.15, -0.1) is 11.3 Å². The lowest BCUT2D eigenvalue weighted by Gasteiger charge is -2.39. The molecule has 5 aliphatic heterocycles. The number of aromatic nitrogens is 2. The third kappa shape index (κ3) is 10.3. The van der Waals surface area contributed by atoms with Crippen LogP contribution in [0.3, 0.4) is 0 Å². The van der Waals surface area contributed by atoms with Crippen molar-refractivity contribution in [2.75, 3.05) is 45.9 Å². The summed E-state index contributed by atoms with van der Waals surface area (Å²) in [6, 6.07) is 17.6. The van der Waals surface area contributed by atoms with E-state index in [1.54, 1.807) is 32.7 Å². The van der Waals surface area contributed by atoms with Crippen LogP contribution >= 0.6 is 18.9 Å². The molecule has 0 aliphatic carbocycles. The van der Waals surface area contributed by atoms with E-state index in [0.29, 0.717) is 40.8 Å². The Labute approximate surface area is 434 Å². The second kappa shape index (κ2) is 20.4. The van der Waals surface area contributed by atoms with Crippen molar-refractivity contribution in [3.8, 4) is 0 Å². The molecule has 3 aromatic carbocycles. The Morgan fingerprint density at radius 1 is 0.933 bits per heavy atom. The molecule has 0 saturated carbocycles. The molecule has 398 valence electrons. The van der Waals surface area contributed by atoms with Gasteiger partial charge in [-0.05, 0) is 77.1 Å². The number of amides is 6. The van der Waals surface area contributed by atoms with Gasteiger partial charge in [-0.2, -0.15) is 0 Å². The van der Waals surface area contributed by atoms with Gasteiger partial charge in [0.15, 0.2) is 0 Å². The Morgan fingerprint density at radius 3 is 2.41 bits per heavy atom. The van der Waals surface area contributed by atoms with Crippen molar-refractivity contribution in [1.29, 1.82) is 0 Å². The van der Waals surface area contributed by atoms with Crippen molar-refractivity contribution in [2.45, 2.75) is 101 Å². The van der Waals surface area contributed by atoms with Gasteiger partial charge < -0.3 is 39.3 Å². The topological polar surface area (TPSA) is 242 Å². The van der Waals surface area contributed by atoms with Crippen molar-refractivity contribution in [3.63, 3.8) is 0 Å². The lowest BCUT2D eigenvalue weighted by molar-refractivity contribution is -0.156. The third-order valence-electron chi connectivity index (χ3n) is 15.3. The average Bonchev–Trinajstić information content (AvgIpc) is 4.24. The molecule has 5 aliphatic rings. The van der Waals surface area contributed by atoms with Crippen molar-refractivity contribution in [1.82, 2.24) is 39.4 Å². The predicted octanol–water partition coefficient (Wildman–Crippen LogP) is 3.89. The van der Waals surface area contributed by atoms with Gasteiger partial charge in [0, 0.05) is 63.0 Å². The third-order valence-corrected chi connectivity index (χ3v) is 17.3. The number of alkyl halides is 1. The van der Waals surface area contributed by atoms with Crippen LogP contribution in [0.25, 0.3) is 21.1 Å². The van der Waals surface area contributed by atoms with E-state index < -0.39 is 67.0 Å². The van der Waals surface area contributed by atoms with Crippen LogP contribution in [0.2, 0.25) is 0 Å². The number of piperidine rings is 1. The van der Waals surface area contributed by atoms with E-state index in [1.807, 2.05) is 53.4 Å². The first kappa shape index (κ1) is 52.3. The number of imidazole rings is 1. The zero-order valence-electron chi connectivity index (χ0n) is 41.9. The highest BCUT2D eigenvalue weighted by Gasteiger charge is 2.50. The summed E-state index contributed by atoms with van der Waals surface area (Å²) >= 11 is 1.07. The maximum absolute atomic E-state index is 15.0. The lowest BCUT2D eigenvalue weighted by Crippen LogP contribution is -2.60. The Bertz CT molecular complexity index is 3210. The highest BCUT2D eigenvalue weighted by atomic mass is 32.1. The fourth-order valence-corrected chi connectivity index (χ4v) is 12.9. The summed E-state index contributed by atoms with van der Waals surface area (Å²) in [5.74, 6) is -5.12. The first-order chi connectivity index (χ1) is 35.6. The van der Waals surface area contributed by atoms with Gasteiger partial charge in [-0.25, -0.2) is 9.18 Å². The first-order valence-electron chi connectivity index (χ1n) is 25.1. The number of fused-ring (bicyclic) bond motifs is 4. The number of aryl methyl sites for hydroxylation is 1. The van der Waals surface area contributed by atoms with Gasteiger partial charge in [-0.1, -0.05) is 63.2 Å². The van der Waals surface area contributed by atoms with E-state index in [-0.39, 0.29) is 98.0 Å². The number of carbonyl (C=O) groups is 6. The van der Waals surface area contributed by atoms with Crippen LogP contribution in [0.5, 0.6) is 0 Å². The molecule has 4 N–H and O–H groups in total. The number of piperazine rings is 1. The Hall–Kier alpha value is -6.13. The smallest absolute Gasteiger partial charge is 0.363 e. The molecule has 5 aromatic rings. The number of morpholine rings is 1. The lowest BCUT2D eigenvalue weighted by atomic mass is 9.85. The van der Waals surface area contributed by atoms with Crippen LogP contribution in [0.1, 0.15) is 90.9 Å². The zero-order valence-corrected chi connectivity index (χ0v) is 43.6. The number of carbonyl (C=O) groups excluding carboxylic acids is 6. The van der Waals surface area contributed by atoms with E-state index >= 15 is 0 Å². The number of likely N-dealkylation sites (tertiary alicyclic amines) is 3. The number of ether oxygens (including phenoxy) is 2. The summed E-state index contributed by atoms with van der Waals surface area (Å²) in [5.41, 5.74) is 1.66. The van der Waals surface area contributed by atoms with Gasteiger partial charge >= 0.3 is 13.3 Å². The fourth-order valence-electron chi connectivity index (χ4n) is 11.4. The van der Waals surface area contributed by atoms with E-state index in [9.17, 15) is 52.3 Å². The summed E-state index contributed by atoms with van der Waals surface area (Å²) in [6.45, 7) is 7.50. The molecule has 20 nitrogen and oxygen atoms in total. The molecule has 8 atom stereocenters. The highest BCUT2D eigenvalue weighted by Crippen LogP contribution is 2.53. The second-order valence-electron chi connectivity index (χ2n) is 21.3. The molecule has 23 heteroatoms. The number of hydrogen-bond acceptors (Lipinski definition) is 12. The first-order valence-corrected chi connectivity index (χ1v) is 27.6. The maximum atomic E-state index is 15.0. The van der Waals surface area contributed by atoms with E-state index in [1.165, 1.54) is 38.3 Å². The standard InChI is InChI=1S/C52H60FN8O12PS/c1-52(2,3)45(55-48(65)41-22-32-21-31(11-14-40(32)75-41)46(53)74(69,70)71)50(67)59-17-16-38(44(59)49(66)57-18-19-72-39(27-57)30-8-6-5-7-9-30)73-28-43(63)60-26-33-23-34(60)25-58(33)24-29-10-12-35-37(20-29)56(4)51(68)61(35)36-13-15-42(62)54-47(36)64/h5-12,14,20-22,33-34,36,38-39,44-46H,13,15-19,23-28H2,1-4H3,(H,55,65)(H,54,62,64)(H2,69,70,71)/t33-,34-,36?,38-,39+,44+,45-,46+/m1/s1. The van der Waals surface area contributed by atoms with Crippen LogP contribution in [-0.2, 0) is 51.6 Å². The molecule has 0 spiro atoms. The molecule has 1 unspecified atom stereocenters. The molecule has 0 radical (unpaired) electrons. The minimum Gasteiger partial charge on any atom is -0.370 e.